The van der Waals surface area contributed by atoms with E-state index in [2.05, 4.69) is 5.32 Å². The van der Waals surface area contributed by atoms with Crippen LogP contribution in [0.3, 0.4) is 0 Å². The number of rotatable bonds is 6. The fraction of sp³-hybridized carbons (Fsp3) is 0.222. The second-order valence-electron chi connectivity index (χ2n) is 5.22. The molecule has 1 unspecified atom stereocenters. The molecule has 24 heavy (non-hydrogen) atoms. The van der Waals surface area contributed by atoms with Crippen LogP contribution in [0.25, 0.3) is 0 Å². The standard InChI is InChI=1S/C18H17Cl2NO3/c1-24-18(23)11-16(12-5-3-2-4-6-12)21-17(22)9-13-7-8-14(19)10-15(13)20/h2-8,10,16H,9,11H2,1H3,(H,21,22). The van der Waals surface area contributed by atoms with Crippen LogP contribution in [0.2, 0.25) is 10.0 Å². The van der Waals surface area contributed by atoms with Crippen molar-refractivity contribution in [2.45, 2.75) is 18.9 Å². The van der Waals surface area contributed by atoms with Gasteiger partial charge >= 0.3 is 5.97 Å². The Balaban J connectivity index is 2.10. The molecule has 126 valence electrons. The van der Waals surface area contributed by atoms with Crippen LogP contribution in [-0.4, -0.2) is 19.0 Å². The van der Waals surface area contributed by atoms with E-state index in [0.29, 0.717) is 15.6 Å². The second kappa shape index (κ2) is 8.71. The van der Waals surface area contributed by atoms with Crippen molar-refractivity contribution in [1.29, 1.82) is 0 Å². The fourth-order valence-corrected chi connectivity index (χ4v) is 2.75. The maximum atomic E-state index is 12.3. The molecule has 0 fully saturated rings. The van der Waals surface area contributed by atoms with Gasteiger partial charge in [0.1, 0.15) is 0 Å². The van der Waals surface area contributed by atoms with Crippen LogP contribution in [0.5, 0.6) is 0 Å². The summed E-state index contributed by atoms with van der Waals surface area (Å²) in [5.41, 5.74) is 1.50. The Kier molecular flexibility index (Phi) is 6.64. The van der Waals surface area contributed by atoms with Gasteiger partial charge in [0.2, 0.25) is 5.91 Å². The van der Waals surface area contributed by atoms with Crippen LogP contribution in [0.4, 0.5) is 0 Å². The van der Waals surface area contributed by atoms with Gasteiger partial charge in [0, 0.05) is 10.0 Å². The van der Waals surface area contributed by atoms with Gasteiger partial charge in [0.25, 0.3) is 0 Å². The molecule has 0 heterocycles. The summed E-state index contributed by atoms with van der Waals surface area (Å²) in [4.78, 5) is 24.0. The Morgan fingerprint density at radius 1 is 1.12 bits per heavy atom. The average molecular weight is 366 g/mol. The quantitative estimate of drug-likeness (QED) is 0.788. The highest BCUT2D eigenvalue weighted by Crippen LogP contribution is 2.22. The lowest BCUT2D eigenvalue weighted by Crippen LogP contribution is -2.31. The molecule has 1 atom stereocenters. The summed E-state index contributed by atoms with van der Waals surface area (Å²) in [6.45, 7) is 0. The smallest absolute Gasteiger partial charge is 0.307 e. The first-order valence-electron chi connectivity index (χ1n) is 7.34. The molecule has 0 spiro atoms. The van der Waals surface area contributed by atoms with Gasteiger partial charge in [0.15, 0.2) is 0 Å². The molecule has 1 N–H and O–H groups in total. The molecule has 0 aliphatic rings. The van der Waals surface area contributed by atoms with E-state index < -0.39 is 12.0 Å². The zero-order valence-corrected chi connectivity index (χ0v) is 14.6. The van der Waals surface area contributed by atoms with E-state index in [4.69, 9.17) is 27.9 Å². The molecule has 0 aliphatic heterocycles. The number of carbonyl (C=O) groups is 2. The van der Waals surface area contributed by atoms with Crippen LogP contribution in [0.1, 0.15) is 23.6 Å². The molecule has 0 saturated carbocycles. The van der Waals surface area contributed by atoms with Gasteiger partial charge in [-0.2, -0.15) is 0 Å². The maximum absolute atomic E-state index is 12.3. The first-order chi connectivity index (χ1) is 11.5. The molecule has 2 aromatic rings. The fourth-order valence-electron chi connectivity index (χ4n) is 2.27. The van der Waals surface area contributed by atoms with Gasteiger partial charge in [0.05, 0.1) is 26.0 Å². The third-order valence-corrected chi connectivity index (χ3v) is 4.09. The second-order valence-corrected chi connectivity index (χ2v) is 6.07. The topological polar surface area (TPSA) is 55.4 Å². The highest BCUT2D eigenvalue weighted by atomic mass is 35.5. The van der Waals surface area contributed by atoms with Crippen LogP contribution < -0.4 is 5.32 Å². The minimum Gasteiger partial charge on any atom is -0.469 e. The highest BCUT2D eigenvalue weighted by molar-refractivity contribution is 6.35. The zero-order valence-electron chi connectivity index (χ0n) is 13.1. The molecule has 1 amide bonds. The molecule has 4 nitrogen and oxygen atoms in total. The number of esters is 1. The van der Waals surface area contributed by atoms with Gasteiger partial charge in [-0.05, 0) is 23.3 Å². The summed E-state index contributed by atoms with van der Waals surface area (Å²) in [5.74, 6) is -0.634. The van der Waals surface area contributed by atoms with Crippen molar-refractivity contribution in [3.8, 4) is 0 Å². The van der Waals surface area contributed by atoms with E-state index in [9.17, 15) is 9.59 Å². The van der Waals surface area contributed by atoms with Crippen LogP contribution in [0.15, 0.2) is 48.5 Å². The predicted octanol–water partition coefficient (Wildman–Crippen LogP) is 3.96. The van der Waals surface area contributed by atoms with Gasteiger partial charge in [-0.3, -0.25) is 9.59 Å². The summed E-state index contributed by atoms with van der Waals surface area (Å²) in [5, 5.41) is 3.80. The van der Waals surface area contributed by atoms with Crippen molar-refractivity contribution in [2.75, 3.05) is 7.11 Å². The molecule has 0 aromatic heterocycles. The zero-order chi connectivity index (χ0) is 17.5. The summed E-state index contributed by atoms with van der Waals surface area (Å²) in [7, 11) is 1.32. The Bertz CT molecular complexity index is 719. The third kappa shape index (κ3) is 5.25. The first kappa shape index (κ1) is 18.3. The monoisotopic (exact) mass is 365 g/mol. The van der Waals surface area contributed by atoms with Gasteiger partial charge in [-0.1, -0.05) is 59.6 Å². The minimum atomic E-state index is -0.461. The van der Waals surface area contributed by atoms with E-state index in [-0.39, 0.29) is 18.7 Å². The van der Waals surface area contributed by atoms with Crippen LogP contribution in [0, 0.1) is 0 Å². The van der Waals surface area contributed by atoms with E-state index in [1.54, 1.807) is 18.2 Å². The lowest BCUT2D eigenvalue weighted by atomic mass is 10.0. The van der Waals surface area contributed by atoms with E-state index in [1.165, 1.54) is 7.11 Å². The van der Waals surface area contributed by atoms with Crippen molar-refractivity contribution in [1.82, 2.24) is 5.32 Å². The molecule has 0 aliphatic carbocycles. The summed E-state index contributed by atoms with van der Waals surface area (Å²) in [6, 6.07) is 13.8. The maximum Gasteiger partial charge on any atom is 0.307 e. The Morgan fingerprint density at radius 3 is 2.46 bits per heavy atom. The predicted molar refractivity (Wildman–Crippen MR) is 94.1 cm³/mol. The molecular weight excluding hydrogens is 349 g/mol. The first-order valence-corrected chi connectivity index (χ1v) is 8.10. The van der Waals surface area contributed by atoms with Crippen molar-refractivity contribution >= 4 is 35.1 Å². The number of nitrogens with one attached hydrogen (secondary N) is 1. The Morgan fingerprint density at radius 2 is 1.83 bits per heavy atom. The summed E-state index contributed by atoms with van der Waals surface area (Å²) < 4.78 is 4.71. The molecule has 0 saturated heterocycles. The van der Waals surface area contributed by atoms with Crippen molar-refractivity contribution in [2.24, 2.45) is 0 Å². The number of benzene rings is 2. The normalized spacial score (nSPS) is 11.6. The third-order valence-electron chi connectivity index (χ3n) is 3.50. The number of hydrogen-bond acceptors (Lipinski definition) is 3. The SMILES string of the molecule is COC(=O)CC(NC(=O)Cc1ccc(Cl)cc1Cl)c1ccccc1. The van der Waals surface area contributed by atoms with Crippen molar-refractivity contribution in [3.05, 3.63) is 69.7 Å². The number of methoxy groups -OCH3 is 1. The number of amides is 1. The van der Waals surface area contributed by atoms with Gasteiger partial charge in [-0.15, -0.1) is 0 Å². The van der Waals surface area contributed by atoms with Gasteiger partial charge in [-0.25, -0.2) is 0 Å². The number of ether oxygens (including phenoxy) is 1. The number of carbonyl (C=O) groups excluding carboxylic acids is 2. The minimum absolute atomic E-state index is 0.0562. The molecular formula is C18H17Cl2NO3. The summed E-state index contributed by atoms with van der Waals surface area (Å²) >= 11 is 12.0. The van der Waals surface area contributed by atoms with Crippen molar-refractivity contribution < 1.29 is 14.3 Å². The molecule has 0 radical (unpaired) electrons. The molecule has 6 heteroatoms. The molecule has 2 aromatic carbocycles. The van der Waals surface area contributed by atoms with Gasteiger partial charge < -0.3 is 10.1 Å². The van der Waals surface area contributed by atoms with Crippen LogP contribution >= 0.6 is 23.2 Å². The number of halogens is 2. The van der Waals surface area contributed by atoms with Crippen LogP contribution in [-0.2, 0) is 20.7 Å². The molecule has 0 bridgehead atoms. The summed E-state index contributed by atoms with van der Waals surface area (Å²) in [6.07, 6.45) is 0.154. The molecule has 2 rings (SSSR count). The highest BCUT2D eigenvalue weighted by Gasteiger charge is 2.19. The van der Waals surface area contributed by atoms with E-state index in [0.717, 1.165) is 5.56 Å². The van der Waals surface area contributed by atoms with E-state index in [1.807, 2.05) is 30.3 Å². The number of hydrogen-bond donors (Lipinski definition) is 1. The van der Waals surface area contributed by atoms with E-state index >= 15 is 0 Å². The largest absolute Gasteiger partial charge is 0.469 e. The average Bonchev–Trinajstić information content (AvgIpc) is 2.57. The lowest BCUT2D eigenvalue weighted by Gasteiger charge is -2.18. The van der Waals surface area contributed by atoms with Crippen molar-refractivity contribution in [3.63, 3.8) is 0 Å². The Hall–Kier alpha value is -2.04. The Labute approximate surface area is 150 Å². The lowest BCUT2D eigenvalue weighted by molar-refractivity contribution is -0.141.